The standard InChI is InChI=1S/C21H24N4O2.2ClH/c1-21(14-22,16-8-9-16)24-20(26)15-5-4-6-18(11-15)27-13-17-12-25-10-3-2-7-19(25)23-17;;/h2-7,10-12,16H,8-9,13-14,22H2,1H3,(H,24,26);2*1H. The molecular weight excluding hydrogens is 411 g/mol. The van der Waals surface area contributed by atoms with Crippen LogP contribution in [0.4, 0.5) is 0 Å². The van der Waals surface area contributed by atoms with Crippen LogP contribution in [0.1, 0.15) is 35.8 Å². The molecule has 156 valence electrons. The molecule has 0 spiro atoms. The second kappa shape index (κ2) is 9.48. The van der Waals surface area contributed by atoms with Crippen molar-refractivity contribution >= 4 is 36.4 Å². The monoisotopic (exact) mass is 436 g/mol. The van der Waals surface area contributed by atoms with Crippen molar-refractivity contribution in [3.63, 3.8) is 0 Å². The maximum atomic E-state index is 12.7. The Morgan fingerprint density at radius 3 is 2.76 bits per heavy atom. The van der Waals surface area contributed by atoms with Gasteiger partial charge in [-0.3, -0.25) is 4.79 Å². The van der Waals surface area contributed by atoms with Gasteiger partial charge in [0, 0.05) is 24.5 Å². The second-order valence-electron chi connectivity index (χ2n) is 7.36. The van der Waals surface area contributed by atoms with Crippen molar-refractivity contribution < 1.29 is 9.53 Å². The highest BCUT2D eigenvalue weighted by Crippen LogP contribution is 2.39. The number of imidazole rings is 1. The number of pyridine rings is 1. The van der Waals surface area contributed by atoms with Crippen LogP contribution in [-0.2, 0) is 6.61 Å². The van der Waals surface area contributed by atoms with Gasteiger partial charge in [0.25, 0.3) is 5.91 Å². The first-order valence-electron chi connectivity index (χ1n) is 9.25. The first-order chi connectivity index (χ1) is 13.1. The summed E-state index contributed by atoms with van der Waals surface area (Å²) in [6, 6.07) is 13.1. The average molecular weight is 437 g/mol. The molecule has 1 aliphatic rings. The van der Waals surface area contributed by atoms with Crippen molar-refractivity contribution in [3.8, 4) is 5.75 Å². The SMILES string of the molecule is CC(CN)(NC(=O)c1cccc(OCc2cn3ccccc3n2)c1)C1CC1.Cl.Cl. The molecule has 4 rings (SSSR count). The maximum absolute atomic E-state index is 12.7. The normalized spacial score (nSPS) is 15.0. The van der Waals surface area contributed by atoms with Crippen molar-refractivity contribution in [2.75, 3.05) is 6.54 Å². The fraction of sp³-hybridized carbons (Fsp3) is 0.333. The lowest BCUT2D eigenvalue weighted by Crippen LogP contribution is -2.53. The Hall–Kier alpha value is -2.28. The number of hydrogen-bond acceptors (Lipinski definition) is 4. The average Bonchev–Trinajstić information content (AvgIpc) is 3.47. The zero-order valence-corrected chi connectivity index (χ0v) is 17.8. The number of nitrogens with zero attached hydrogens (tertiary/aromatic N) is 2. The van der Waals surface area contributed by atoms with E-state index < -0.39 is 0 Å². The lowest BCUT2D eigenvalue weighted by atomic mass is 9.95. The smallest absolute Gasteiger partial charge is 0.251 e. The van der Waals surface area contributed by atoms with Crippen molar-refractivity contribution in [2.45, 2.75) is 31.9 Å². The molecule has 1 fully saturated rings. The fourth-order valence-corrected chi connectivity index (χ4v) is 3.31. The Morgan fingerprint density at radius 2 is 2.07 bits per heavy atom. The van der Waals surface area contributed by atoms with E-state index in [9.17, 15) is 4.79 Å². The minimum atomic E-state index is -0.343. The van der Waals surface area contributed by atoms with Crippen LogP contribution in [-0.4, -0.2) is 27.4 Å². The maximum Gasteiger partial charge on any atom is 0.251 e. The highest BCUT2D eigenvalue weighted by Gasteiger charge is 2.41. The Morgan fingerprint density at radius 1 is 1.28 bits per heavy atom. The summed E-state index contributed by atoms with van der Waals surface area (Å²) in [6.45, 7) is 2.80. The summed E-state index contributed by atoms with van der Waals surface area (Å²) in [5.74, 6) is 0.995. The van der Waals surface area contributed by atoms with Crippen molar-refractivity contribution in [1.29, 1.82) is 0 Å². The van der Waals surface area contributed by atoms with Gasteiger partial charge in [-0.15, -0.1) is 24.8 Å². The number of nitrogens with two attached hydrogens (primary N) is 1. The number of nitrogens with one attached hydrogen (secondary N) is 1. The van der Waals surface area contributed by atoms with E-state index in [1.165, 1.54) is 0 Å². The highest BCUT2D eigenvalue weighted by molar-refractivity contribution is 5.95. The molecule has 0 bridgehead atoms. The molecule has 1 aliphatic carbocycles. The number of benzene rings is 1. The fourth-order valence-electron chi connectivity index (χ4n) is 3.31. The molecule has 1 unspecified atom stereocenters. The van der Waals surface area contributed by atoms with Crippen LogP contribution in [0.3, 0.4) is 0 Å². The van der Waals surface area contributed by atoms with Crippen molar-refractivity contribution in [3.05, 3.63) is 66.1 Å². The molecule has 3 aromatic rings. The number of fused-ring (bicyclic) bond motifs is 1. The van der Waals surface area contributed by atoms with Crippen LogP contribution in [0.5, 0.6) is 5.75 Å². The van der Waals surface area contributed by atoms with E-state index in [1.54, 1.807) is 12.1 Å². The predicted octanol–water partition coefficient (Wildman–Crippen LogP) is 3.61. The van der Waals surface area contributed by atoms with Gasteiger partial charge in [0.1, 0.15) is 18.0 Å². The largest absolute Gasteiger partial charge is 0.487 e. The predicted molar refractivity (Wildman–Crippen MR) is 118 cm³/mol. The molecule has 1 aromatic carbocycles. The van der Waals surface area contributed by atoms with Crippen LogP contribution < -0.4 is 15.8 Å². The van der Waals surface area contributed by atoms with Crippen molar-refractivity contribution in [2.24, 2.45) is 11.7 Å². The third-order valence-corrected chi connectivity index (χ3v) is 5.20. The summed E-state index contributed by atoms with van der Waals surface area (Å²) < 4.78 is 7.80. The minimum Gasteiger partial charge on any atom is -0.487 e. The molecule has 0 radical (unpaired) electrons. The topological polar surface area (TPSA) is 81.6 Å². The van der Waals surface area contributed by atoms with E-state index in [0.29, 0.717) is 30.4 Å². The number of carbonyl (C=O) groups is 1. The van der Waals surface area contributed by atoms with Crippen molar-refractivity contribution in [1.82, 2.24) is 14.7 Å². The van der Waals surface area contributed by atoms with Gasteiger partial charge in [0.15, 0.2) is 0 Å². The van der Waals surface area contributed by atoms with Gasteiger partial charge in [0.2, 0.25) is 0 Å². The van der Waals surface area contributed by atoms with E-state index in [4.69, 9.17) is 10.5 Å². The van der Waals surface area contributed by atoms with Gasteiger partial charge in [-0.05, 0) is 56.0 Å². The first kappa shape index (κ1) is 23.0. The second-order valence-corrected chi connectivity index (χ2v) is 7.36. The van der Waals surface area contributed by atoms with E-state index in [-0.39, 0.29) is 36.3 Å². The van der Waals surface area contributed by atoms with Gasteiger partial charge in [-0.2, -0.15) is 0 Å². The lowest BCUT2D eigenvalue weighted by Gasteiger charge is -2.29. The summed E-state index contributed by atoms with van der Waals surface area (Å²) >= 11 is 0. The Bertz CT molecular complexity index is 941. The molecule has 2 heterocycles. The highest BCUT2D eigenvalue weighted by atomic mass is 35.5. The van der Waals surface area contributed by atoms with E-state index in [1.807, 2.05) is 54.0 Å². The molecule has 1 amide bonds. The van der Waals surface area contributed by atoms with Crippen LogP contribution >= 0.6 is 24.8 Å². The number of aromatic nitrogens is 2. The Balaban J connectivity index is 0.00000150. The zero-order chi connectivity index (χ0) is 18.9. The summed E-state index contributed by atoms with van der Waals surface area (Å²) in [5.41, 5.74) is 7.84. The number of rotatable bonds is 7. The quantitative estimate of drug-likeness (QED) is 0.592. The van der Waals surface area contributed by atoms with Crippen LogP contribution in [0.15, 0.2) is 54.9 Å². The molecule has 1 atom stereocenters. The van der Waals surface area contributed by atoms with Gasteiger partial charge in [0.05, 0.1) is 11.2 Å². The zero-order valence-electron chi connectivity index (χ0n) is 16.2. The van der Waals surface area contributed by atoms with Crippen LogP contribution in [0, 0.1) is 5.92 Å². The molecular formula is C21H26Cl2N4O2. The van der Waals surface area contributed by atoms with Crippen LogP contribution in [0.2, 0.25) is 0 Å². The minimum absolute atomic E-state index is 0. The van der Waals surface area contributed by atoms with Gasteiger partial charge >= 0.3 is 0 Å². The molecule has 3 N–H and O–H groups in total. The van der Waals surface area contributed by atoms with E-state index >= 15 is 0 Å². The summed E-state index contributed by atoms with van der Waals surface area (Å²) in [4.78, 5) is 17.2. The molecule has 29 heavy (non-hydrogen) atoms. The number of ether oxygens (including phenoxy) is 1. The third-order valence-electron chi connectivity index (χ3n) is 5.20. The van der Waals surface area contributed by atoms with E-state index in [2.05, 4.69) is 10.3 Å². The summed E-state index contributed by atoms with van der Waals surface area (Å²) in [5, 5.41) is 3.10. The van der Waals surface area contributed by atoms with Gasteiger partial charge in [-0.1, -0.05) is 12.1 Å². The number of hydrogen-bond donors (Lipinski definition) is 2. The molecule has 0 aliphatic heterocycles. The Kier molecular flexibility index (Phi) is 7.52. The van der Waals surface area contributed by atoms with E-state index in [0.717, 1.165) is 24.2 Å². The third kappa shape index (κ3) is 5.21. The summed E-state index contributed by atoms with van der Waals surface area (Å²) in [7, 11) is 0. The molecule has 0 saturated heterocycles. The molecule has 6 nitrogen and oxygen atoms in total. The molecule has 8 heteroatoms. The summed E-state index contributed by atoms with van der Waals surface area (Å²) in [6.07, 6.45) is 6.13. The first-order valence-corrected chi connectivity index (χ1v) is 9.25. The lowest BCUT2D eigenvalue weighted by molar-refractivity contribution is 0.0897. The number of halogens is 2. The Labute approximate surface area is 182 Å². The number of carbonyl (C=O) groups excluding carboxylic acids is 1. The van der Waals surface area contributed by atoms with Crippen LogP contribution in [0.25, 0.3) is 5.65 Å². The molecule has 2 aromatic heterocycles. The van der Waals surface area contributed by atoms with Gasteiger partial charge < -0.3 is 20.2 Å². The number of amides is 1. The molecule has 1 saturated carbocycles. The van der Waals surface area contributed by atoms with Gasteiger partial charge in [-0.25, -0.2) is 4.98 Å².